The molecule has 1 aliphatic heterocycles. The molecule has 1 heterocycles. The molecule has 1 atom stereocenters. The van der Waals surface area contributed by atoms with Crippen molar-refractivity contribution in [1.82, 2.24) is 9.80 Å². The molecular weight excluding hydrogens is 252 g/mol. The van der Waals surface area contributed by atoms with E-state index in [1.807, 2.05) is 9.80 Å². The third kappa shape index (κ3) is 3.15. The molecule has 0 radical (unpaired) electrons. The molecule has 4 heteroatoms. The summed E-state index contributed by atoms with van der Waals surface area (Å²) in [6.45, 7) is 5.32. The van der Waals surface area contributed by atoms with Crippen LogP contribution in [0.3, 0.4) is 0 Å². The molecule has 3 fully saturated rings. The van der Waals surface area contributed by atoms with Crippen LogP contribution < -0.4 is 0 Å². The van der Waals surface area contributed by atoms with Crippen molar-refractivity contribution >= 4 is 11.8 Å². The van der Waals surface area contributed by atoms with Crippen LogP contribution in [0.1, 0.15) is 45.4 Å². The Morgan fingerprint density at radius 3 is 2.45 bits per heavy atom. The van der Waals surface area contributed by atoms with E-state index in [0.29, 0.717) is 12.5 Å². The normalized spacial score (nSPS) is 26.4. The molecular formula is C16H26N2O2. The lowest BCUT2D eigenvalue weighted by molar-refractivity contribution is -0.141. The van der Waals surface area contributed by atoms with Gasteiger partial charge in [-0.1, -0.05) is 0 Å². The minimum absolute atomic E-state index is 0.0464. The van der Waals surface area contributed by atoms with Crippen LogP contribution in [0.5, 0.6) is 0 Å². The van der Waals surface area contributed by atoms with Crippen LogP contribution in [0.25, 0.3) is 0 Å². The number of piperidine rings is 1. The molecule has 1 unspecified atom stereocenters. The summed E-state index contributed by atoms with van der Waals surface area (Å²) in [5, 5.41) is 0. The first-order valence-corrected chi connectivity index (χ1v) is 8.26. The molecule has 20 heavy (non-hydrogen) atoms. The van der Waals surface area contributed by atoms with Gasteiger partial charge in [-0.25, -0.2) is 0 Å². The number of rotatable bonds is 5. The van der Waals surface area contributed by atoms with Crippen molar-refractivity contribution in [1.29, 1.82) is 0 Å². The Bertz CT molecular complexity index is 388. The van der Waals surface area contributed by atoms with Crippen molar-refractivity contribution in [2.75, 3.05) is 26.2 Å². The second-order valence-electron chi connectivity index (χ2n) is 6.72. The highest BCUT2D eigenvalue weighted by molar-refractivity contribution is 5.83. The number of amides is 2. The maximum absolute atomic E-state index is 12.6. The van der Waals surface area contributed by atoms with Crippen LogP contribution >= 0.6 is 0 Å². The van der Waals surface area contributed by atoms with Gasteiger partial charge in [0.05, 0.1) is 5.92 Å². The molecule has 4 nitrogen and oxygen atoms in total. The van der Waals surface area contributed by atoms with E-state index in [-0.39, 0.29) is 17.7 Å². The summed E-state index contributed by atoms with van der Waals surface area (Å²) >= 11 is 0. The molecule has 3 aliphatic rings. The fourth-order valence-electron chi connectivity index (χ4n) is 3.21. The summed E-state index contributed by atoms with van der Waals surface area (Å²) in [6, 6.07) is 0. The van der Waals surface area contributed by atoms with E-state index in [2.05, 4.69) is 6.92 Å². The van der Waals surface area contributed by atoms with E-state index < -0.39 is 0 Å². The maximum Gasteiger partial charge on any atom is 0.227 e. The van der Waals surface area contributed by atoms with Crippen LogP contribution in [0.2, 0.25) is 0 Å². The number of likely N-dealkylation sites (tertiary alicyclic amines) is 1. The number of hydrogen-bond donors (Lipinski definition) is 0. The third-order valence-electron chi connectivity index (χ3n) is 4.88. The SMILES string of the molecule is CCN(CC1CC1)C(=O)C1CCCN(C(=O)C2CC2)C1. The molecule has 0 aromatic carbocycles. The second kappa shape index (κ2) is 5.74. The Labute approximate surface area is 121 Å². The first-order chi connectivity index (χ1) is 9.69. The fraction of sp³-hybridized carbons (Fsp3) is 0.875. The van der Waals surface area contributed by atoms with Gasteiger partial charge in [-0.15, -0.1) is 0 Å². The van der Waals surface area contributed by atoms with E-state index in [0.717, 1.165) is 51.2 Å². The zero-order valence-corrected chi connectivity index (χ0v) is 12.5. The number of hydrogen-bond acceptors (Lipinski definition) is 2. The Morgan fingerprint density at radius 1 is 1.10 bits per heavy atom. The monoisotopic (exact) mass is 278 g/mol. The minimum atomic E-state index is 0.0464. The highest BCUT2D eigenvalue weighted by atomic mass is 16.2. The molecule has 0 aromatic heterocycles. The number of nitrogens with zero attached hydrogens (tertiary/aromatic N) is 2. The fourth-order valence-corrected chi connectivity index (χ4v) is 3.21. The minimum Gasteiger partial charge on any atom is -0.342 e. The predicted molar refractivity (Wildman–Crippen MR) is 77.0 cm³/mol. The average molecular weight is 278 g/mol. The molecule has 0 spiro atoms. The third-order valence-corrected chi connectivity index (χ3v) is 4.88. The average Bonchev–Trinajstić information content (AvgIpc) is 3.37. The van der Waals surface area contributed by atoms with Gasteiger partial charge in [-0.3, -0.25) is 9.59 Å². The van der Waals surface area contributed by atoms with E-state index in [1.54, 1.807) is 0 Å². The van der Waals surface area contributed by atoms with Gasteiger partial charge < -0.3 is 9.80 Å². The molecule has 0 aromatic rings. The van der Waals surface area contributed by atoms with Gasteiger partial charge in [-0.05, 0) is 51.4 Å². The first kappa shape index (κ1) is 13.9. The van der Waals surface area contributed by atoms with Crippen LogP contribution in [0.15, 0.2) is 0 Å². The summed E-state index contributed by atoms with van der Waals surface area (Å²) in [6.07, 6.45) is 6.60. The Morgan fingerprint density at radius 2 is 1.85 bits per heavy atom. The van der Waals surface area contributed by atoms with E-state index in [4.69, 9.17) is 0 Å². The second-order valence-corrected chi connectivity index (χ2v) is 6.72. The Balaban J connectivity index is 1.56. The summed E-state index contributed by atoms with van der Waals surface area (Å²) in [5.41, 5.74) is 0. The lowest BCUT2D eigenvalue weighted by Gasteiger charge is -2.35. The number of carbonyl (C=O) groups is 2. The topological polar surface area (TPSA) is 40.6 Å². The quantitative estimate of drug-likeness (QED) is 0.770. The Hall–Kier alpha value is -1.06. The van der Waals surface area contributed by atoms with Crippen LogP contribution in [0, 0.1) is 17.8 Å². The molecule has 0 bridgehead atoms. The van der Waals surface area contributed by atoms with Gasteiger partial charge in [0.25, 0.3) is 0 Å². The van der Waals surface area contributed by atoms with E-state index in [1.165, 1.54) is 12.8 Å². The van der Waals surface area contributed by atoms with Crippen LogP contribution in [-0.4, -0.2) is 47.8 Å². The van der Waals surface area contributed by atoms with Crippen molar-refractivity contribution in [3.8, 4) is 0 Å². The lowest BCUT2D eigenvalue weighted by atomic mass is 9.96. The largest absolute Gasteiger partial charge is 0.342 e. The van der Waals surface area contributed by atoms with Crippen LogP contribution in [0.4, 0.5) is 0 Å². The molecule has 112 valence electrons. The number of carbonyl (C=O) groups excluding carboxylic acids is 2. The van der Waals surface area contributed by atoms with Gasteiger partial charge in [0, 0.05) is 32.1 Å². The smallest absolute Gasteiger partial charge is 0.227 e. The molecule has 0 N–H and O–H groups in total. The summed E-state index contributed by atoms with van der Waals surface area (Å²) in [5.74, 6) is 1.65. The zero-order chi connectivity index (χ0) is 14.1. The van der Waals surface area contributed by atoms with E-state index >= 15 is 0 Å². The van der Waals surface area contributed by atoms with Crippen molar-refractivity contribution in [2.24, 2.45) is 17.8 Å². The summed E-state index contributed by atoms with van der Waals surface area (Å²) in [7, 11) is 0. The molecule has 2 aliphatic carbocycles. The Kier molecular flexibility index (Phi) is 3.99. The first-order valence-electron chi connectivity index (χ1n) is 8.26. The highest BCUT2D eigenvalue weighted by Crippen LogP contribution is 2.33. The predicted octanol–water partition coefficient (Wildman–Crippen LogP) is 1.89. The lowest BCUT2D eigenvalue weighted by Crippen LogP contribution is -2.47. The zero-order valence-electron chi connectivity index (χ0n) is 12.5. The van der Waals surface area contributed by atoms with Gasteiger partial charge in [0.15, 0.2) is 0 Å². The van der Waals surface area contributed by atoms with Gasteiger partial charge >= 0.3 is 0 Å². The standard InChI is InChI=1S/C16H26N2O2/c1-2-17(10-12-5-6-12)16(20)14-4-3-9-18(11-14)15(19)13-7-8-13/h12-14H,2-11H2,1H3. The van der Waals surface area contributed by atoms with Crippen molar-refractivity contribution in [3.05, 3.63) is 0 Å². The van der Waals surface area contributed by atoms with Crippen molar-refractivity contribution < 1.29 is 9.59 Å². The molecule has 1 saturated heterocycles. The maximum atomic E-state index is 12.6. The van der Waals surface area contributed by atoms with E-state index in [9.17, 15) is 9.59 Å². The molecule has 2 saturated carbocycles. The summed E-state index contributed by atoms with van der Waals surface area (Å²) in [4.78, 5) is 28.8. The van der Waals surface area contributed by atoms with Gasteiger partial charge in [-0.2, -0.15) is 0 Å². The molecule has 2 amide bonds. The van der Waals surface area contributed by atoms with Crippen molar-refractivity contribution in [3.63, 3.8) is 0 Å². The van der Waals surface area contributed by atoms with Gasteiger partial charge in [0.2, 0.25) is 11.8 Å². The molecule has 3 rings (SSSR count). The van der Waals surface area contributed by atoms with Crippen molar-refractivity contribution in [2.45, 2.75) is 45.4 Å². The summed E-state index contributed by atoms with van der Waals surface area (Å²) < 4.78 is 0. The highest BCUT2D eigenvalue weighted by Gasteiger charge is 2.38. The van der Waals surface area contributed by atoms with Gasteiger partial charge in [0.1, 0.15) is 0 Å². The van der Waals surface area contributed by atoms with Crippen LogP contribution in [-0.2, 0) is 9.59 Å².